The van der Waals surface area contributed by atoms with Gasteiger partial charge in [-0.25, -0.2) is 4.57 Å². The number of rotatable bonds is 11. The number of nitrogens with zero attached hydrogens (tertiary/aromatic N) is 2. The quantitative estimate of drug-likeness (QED) is 0.130. The minimum atomic E-state index is -4.21. The fourth-order valence-corrected chi connectivity index (χ4v) is 6.94. The summed E-state index contributed by atoms with van der Waals surface area (Å²) in [5.74, 6) is 1.12. The first-order valence-electron chi connectivity index (χ1n) is 11.6. The average molecular weight is 713 g/mol. The number of phosphoric acid groups is 1. The number of hydrogen-bond donors (Lipinski definition) is 0. The maximum atomic E-state index is 13.2. The fourth-order valence-electron chi connectivity index (χ4n) is 3.68. The molecule has 0 saturated carbocycles. The van der Waals surface area contributed by atoms with Gasteiger partial charge >= 0.3 is 7.82 Å². The van der Waals surface area contributed by atoms with Crippen LogP contribution in [0.25, 0.3) is 11.6 Å². The van der Waals surface area contributed by atoms with Crippen molar-refractivity contribution >= 4 is 105 Å². The summed E-state index contributed by atoms with van der Waals surface area (Å²) >= 11 is 35.9. The third kappa shape index (κ3) is 10.6. The molecule has 1 saturated heterocycles. The smallest absolute Gasteiger partial charge is 0.475 e. The molecule has 16 heteroatoms. The highest BCUT2D eigenvalue weighted by atomic mass is 35.6. The lowest BCUT2D eigenvalue weighted by atomic mass is 10.1. The van der Waals surface area contributed by atoms with Gasteiger partial charge in [0.1, 0.15) is 13.2 Å². The van der Waals surface area contributed by atoms with Crippen molar-refractivity contribution in [1.82, 2.24) is 0 Å². The Morgan fingerprint density at radius 1 is 1.02 bits per heavy atom. The molecular weight excluding hydrogens is 688 g/mol. The molecular formula is C24H25Cl6N2O6PS. The van der Waals surface area contributed by atoms with Gasteiger partial charge in [0.25, 0.3) is 0 Å². The maximum absolute atomic E-state index is 13.2. The molecule has 0 atom stereocenters. The molecule has 0 aliphatic carbocycles. The van der Waals surface area contributed by atoms with Crippen molar-refractivity contribution in [2.75, 3.05) is 45.4 Å². The summed E-state index contributed by atoms with van der Waals surface area (Å²) in [6, 6.07) is 11.5. The molecule has 0 amide bonds. The van der Waals surface area contributed by atoms with E-state index in [1.54, 1.807) is 37.7 Å². The van der Waals surface area contributed by atoms with Gasteiger partial charge in [0.05, 0.1) is 37.0 Å². The van der Waals surface area contributed by atoms with Gasteiger partial charge in [0.2, 0.25) is 7.59 Å². The van der Waals surface area contributed by atoms with Crippen molar-refractivity contribution < 1.29 is 27.6 Å². The highest BCUT2D eigenvalue weighted by Gasteiger charge is 2.38. The standard InChI is InChI=1S/C24H25Cl6N2O6PS/c1-34-20-5-3-16(12-21(20)35-2)17(13-31)11-19-4-6-22(40-19)32-9-7-18(8-10-32)38-39(33,36-14-23(25,26)27)37-15-24(28,29)30/h3-6,11-12,18H,7-10,14-15H2,1-2H3. The summed E-state index contributed by atoms with van der Waals surface area (Å²) in [4.78, 5) is 3.07. The number of methoxy groups -OCH3 is 2. The molecule has 1 aromatic heterocycles. The predicted molar refractivity (Wildman–Crippen MR) is 164 cm³/mol. The van der Waals surface area contributed by atoms with Gasteiger partial charge < -0.3 is 14.4 Å². The molecule has 0 spiro atoms. The largest absolute Gasteiger partial charge is 0.493 e. The lowest BCUT2D eigenvalue weighted by Crippen LogP contribution is -2.36. The summed E-state index contributed by atoms with van der Waals surface area (Å²) in [6.45, 7) is 0.105. The molecule has 0 radical (unpaired) electrons. The first-order valence-corrected chi connectivity index (χ1v) is 16.2. The number of ether oxygens (including phenoxy) is 2. The van der Waals surface area contributed by atoms with Crippen molar-refractivity contribution in [3.8, 4) is 17.6 Å². The van der Waals surface area contributed by atoms with E-state index in [4.69, 9.17) is 92.7 Å². The van der Waals surface area contributed by atoms with Gasteiger partial charge in [-0.15, -0.1) is 11.3 Å². The Kier molecular flexibility index (Phi) is 12.5. The van der Waals surface area contributed by atoms with E-state index in [0.717, 1.165) is 9.88 Å². The Labute approximate surface area is 267 Å². The monoisotopic (exact) mass is 710 g/mol. The summed E-state index contributed by atoms with van der Waals surface area (Å²) in [6.07, 6.45) is 2.38. The number of thiophene rings is 1. The van der Waals surface area contributed by atoms with Gasteiger partial charge in [0.15, 0.2) is 11.5 Å². The van der Waals surface area contributed by atoms with Crippen molar-refractivity contribution in [2.24, 2.45) is 0 Å². The number of alkyl halides is 6. The third-order valence-corrected chi connectivity index (χ3v) is 8.71. The highest BCUT2D eigenvalue weighted by Crippen LogP contribution is 2.54. The number of halogens is 6. The van der Waals surface area contributed by atoms with Crippen molar-refractivity contribution in [1.29, 1.82) is 5.26 Å². The van der Waals surface area contributed by atoms with E-state index in [1.807, 2.05) is 24.3 Å². The van der Waals surface area contributed by atoms with E-state index in [9.17, 15) is 9.83 Å². The van der Waals surface area contributed by atoms with Crippen LogP contribution in [-0.4, -0.2) is 54.2 Å². The molecule has 40 heavy (non-hydrogen) atoms. The van der Waals surface area contributed by atoms with Crippen LogP contribution < -0.4 is 14.4 Å². The van der Waals surface area contributed by atoms with Crippen LogP contribution in [0.15, 0.2) is 30.3 Å². The molecule has 0 bridgehead atoms. The van der Waals surface area contributed by atoms with Crippen LogP contribution in [0.2, 0.25) is 0 Å². The number of anilines is 1. The second-order valence-electron chi connectivity index (χ2n) is 8.43. The first-order chi connectivity index (χ1) is 18.7. The normalized spacial score (nSPS) is 15.7. The Bertz CT molecular complexity index is 1250. The third-order valence-electron chi connectivity index (χ3n) is 5.52. The summed E-state index contributed by atoms with van der Waals surface area (Å²) in [5.41, 5.74) is 1.20. The lowest BCUT2D eigenvalue weighted by molar-refractivity contribution is 0.0692. The summed E-state index contributed by atoms with van der Waals surface area (Å²) in [5, 5.41) is 10.8. The zero-order chi connectivity index (χ0) is 29.6. The molecule has 0 N–H and O–H groups in total. The Morgan fingerprint density at radius 3 is 2.15 bits per heavy atom. The van der Waals surface area contributed by atoms with Crippen molar-refractivity contribution in [3.05, 3.63) is 40.8 Å². The Balaban J connectivity index is 1.65. The Morgan fingerprint density at radius 2 is 1.62 bits per heavy atom. The van der Waals surface area contributed by atoms with Crippen LogP contribution in [0.4, 0.5) is 5.00 Å². The van der Waals surface area contributed by atoms with Crippen LogP contribution in [0.5, 0.6) is 11.5 Å². The number of phosphoric ester groups is 1. The molecule has 1 aliphatic heterocycles. The van der Waals surface area contributed by atoms with Crippen LogP contribution >= 0.6 is 88.8 Å². The number of hydrogen-bond acceptors (Lipinski definition) is 9. The molecule has 2 aromatic rings. The zero-order valence-corrected chi connectivity index (χ0v) is 27.5. The van der Waals surface area contributed by atoms with Crippen LogP contribution in [-0.2, 0) is 18.1 Å². The van der Waals surface area contributed by atoms with E-state index in [2.05, 4.69) is 11.0 Å². The van der Waals surface area contributed by atoms with E-state index >= 15 is 0 Å². The van der Waals surface area contributed by atoms with Crippen molar-refractivity contribution in [3.63, 3.8) is 0 Å². The molecule has 1 fully saturated rings. The number of nitriles is 1. The minimum Gasteiger partial charge on any atom is -0.493 e. The summed E-state index contributed by atoms with van der Waals surface area (Å²) in [7, 11) is -1.11. The molecule has 1 aliphatic rings. The Hall–Kier alpha value is -0.600. The van der Waals surface area contributed by atoms with Crippen LogP contribution in [0.1, 0.15) is 23.3 Å². The maximum Gasteiger partial charge on any atom is 0.475 e. The minimum absolute atomic E-state index is 0.470. The van der Waals surface area contributed by atoms with Crippen molar-refractivity contribution in [2.45, 2.75) is 26.5 Å². The average Bonchev–Trinajstić information content (AvgIpc) is 3.37. The predicted octanol–water partition coefficient (Wildman–Crippen LogP) is 8.70. The molecule has 0 unspecified atom stereocenters. The van der Waals surface area contributed by atoms with Gasteiger partial charge in [0, 0.05) is 18.0 Å². The van der Waals surface area contributed by atoms with E-state index in [0.29, 0.717) is 48.6 Å². The van der Waals surface area contributed by atoms with Crippen LogP contribution in [0.3, 0.4) is 0 Å². The molecule has 220 valence electrons. The molecule has 3 rings (SSSR count). The van der Waals surface area contributed by atoms with E-state index in [-0.39, 0.29) is 0 Å². The van der Waals surface area contributed by atoms with Gasteiger partial charge in [-0.3, -0.25) is 13.6 Å². The lowest BCUT2D eigenvalue weighted by Gasteiger charge is -2.34. The number of allylic oxidation sites excluding steroid dienone is 1. The van der Waals surface area contributed by atoms with Gasteiger partial charge in [-0.05, 0) is 54.8 Å². The number of piperidine rings is 1. The molecule has 2 heterocycles. The van der Waals surface area contributed by atoms with Gasteiger partial charge in [-0.2, -0.15) is 5.26 Å². The summed E-state index contributed by atoms with van der Waals surface area (Å²) < 4.78 is 36.2. The van der Waals surface area contributed by atoms with Crippen LogP contribution in [0, 0.1) is 11.3 Å². The SMILES string of the molecule is COc1ccc(C(C#N)=Cc2ccc(N3CCC(OP(=O)(OCC(Cl)(Cl)Cl)OCC(Cl)(Cl)Cl)CC3)s2)cc1OC. The highest BCUT2D eigenvalue weighted by molar-refractivity contribution is 7.48. The zero-order valence-electron chi connectivity index (χ0n) is 21.3. The second kappa shape index (κ2) is 14.7. The molecule has 8 nitrogen and oxygen atoms in total. The number of benzene rings is 1. The first kappa shape index (κ1) is 33.9. The van der Waals surface area contributed by atoms with E-state index < -0.39 is 34.7 Å². The topological polar surface area (TPSA) is 90.2 Å². The van der Waals surface area contributed by atoms with Gasteiger partial charge in [-0.1, -0.05) is 69.6 Å². The fraction of sp³-hybridized carbons (Fsp3) is 0.458. The molecule has 1 aromatic carbocycles. The van der Waals surface area contributed by atoms with E-state index in [1.165, 1.54) is 0 Å². The second-order valence-corrected chi connectivity index (χ2v) is 16.2.